The van der Waals surface area contributed by atoms with Crippen LogP contribution >= 0.6 is 0 Å². The third-order valence-electron chi connectivity index (χ3n) is 3.80. The SMILES string of the molecule is Cc1ccc(NC(=O)COC(=O)C[C@@H]2CCS(=O)(=O)C2)c(C)c1. The van der Waals surface area contributed by atoms with E-state index in [4.69, 9.17) is 4.74 Å². The first-order chi connectivity index (χ1) is 10.7. The van der Waals surface area contributed by atoms with E-state index in [9.17, 15) is 18.0 Å². The van der Waals surface area contributed by atoms with Crippen LogP contribution in [0, 0.1) is 19.8 Å². The highest BCUT2D eigenvalue weighted by Crippen LogP contribution is 2.22. The zero-order valence-corrected chi connectivity index (χ0v) is 14.1. The molecule has 0 saturated carbocycles. The molecule has 1 amide bonds. The van der Waals surface area contributed by atoms with Crippen molar-refractivity contribution in [3.8, 4) is 0 Å². The Labute approximate surface area is 136 Å². The fourth-order valence-electron chi connectivity index (χ4n) is 2.61. The molecule has 6 nitrogen and oxygen atoms in total. The quantitative estimate of drug-likeness (QED) is 0.823. The maximum Gasteiger partial charge on any atom is 0.306 e. The molecule has 0 bridgehead atoms. The summed E-state index contributed by atoms with van der Waals surface area (Å²) in [6.07, 6.45) is 0.516. The topological polar surface area (TPSA) is 89.5 Å². The van der Waals surface area contributed by atoms with Gasteiger partial charge in [-0.25, -0.2) is 8.42 Å². The zero-order valence-electron chi connectivity index (χ0n) is 13.3. The first-order valence-electron chi connectivity index (χ1n) is 7.48. The Morgan fingerprint density at radius 2 is 2.04 bits per heavy atom. The summed E-state index contributed by atoms with van der Waals surface area (Å²) in [4.78, 5) is 23.5. The molecule has 1 atom stereocenters. The van der Waals surface area contributed by atoms with E-state index in [2.05, 4.69) is 5.32 Å². The second kappa shape index (κ2) is 7.12. The molecule has 0 unspecified atom stereocenters. The molecular formula is C16H21NO5S. The smallest absolute Gasteiger partial charge is 0.306 e. The van der Waals surface area contributed by atoms with Crippen LogP contribution < -0.4 is 5.32 Å². The molecule has 1 aromatic rings. The van der Waals surface area contributed by atoms with Crippen LogP contribution in [-0.2, 0) is 24.2 Å². The van der Waals surface area contributed by atoms with Crippen molar-refractivity contribution in [1.29, 1.82) is 0 Å². The summed E-state index contributed by atoms with van der Waals surface area (Å²) in [5.41, 5.74) is 2.71. The highest BCUT2D eigenvalue weighted by atomic mass is 32.2. The van der Waals surface area contributed by atoms with Crippen molar-refractivity contribution in [2.75, 3.05) is 23.4 Å². The van der Waals surface area contributed by atoms with Gasteiger partial charge in [0.1, 0.15) is 0 Å². The van der Waals surface area contributed by atoms with Crippen molar-refractivity contribution in [3.05, 3.63) is 29.3 Å². The third kappa shape index (κ3) is 5.35. The number of hydrogen-bond donors (Lipinski definition) is 1. The van der Waals surface area contributed by atoms with E-state index in [1.807, 2.05) is 26.0 Å². The standard InChI is InChI=1S/C16H21NO5S/c1-11-3-4-14(12(2)7-11)17-15(18)9-22-16(19)8-13-5-6-23(20,21)10-13/h3-4,7,13H,5-6,8-10H2,1-2H3,(H,17,18)/t13-/m0/s1. The number of carbonyl (C=O) groups excluding carboxylic acids is 2. The van der Waals surface area contributed by atoms with E-state index in [0.29, 0.717) is 12.1 Å². The summed E-state index contributed by atoms with van der Waals surface area (Å²) >= 11 is 0. The molecule has 2 rings (SSSR count). The van der Waals surface area contributed by atoms with Gasteiger partial charge in [-0.3, -0.25) is 9.59 Å². The van der Waals surface area contributed by atoms with E-state index in [-0.39, 0.29) is 30.5 Å². The fourth-order valence-corrected chi connectivity index (χ4v) is 4.48. The van der Waals surface area contributed by atoms with Crippen molar-refractivity contribution in [2.45, 2.75) is 26.7 Å². The molecule has 0 aromatic heterocycles. The van der Waals surface area contributed by atoms with Crippen molar-refractivity contribution < 1.29 is 22.7 Å². The van der Waals surface area contributed by atoms with Gasteiger partial charge in [0.2, 0.25) is 0 Å². The third-order valence-corrected chi connectivity index (χ3v) is 5.64. The number of aryl methyl sites for hydroxylation is 2. The van der Waals surface area contributed by atoms with E-state index >= 15 is 0 Å². The highest BCUT2D eigenvalue weighted by molar-refractivity contribution is 7.91. The number of esters is 1. The lowest BCUT2D eigenvalue weighted by molar-refractivity contribution is -0.148. The lowest BCUT2D eigenvalue weighted by Gasteiger charge is -2.10. The predicted molar refractivity (Wildman–Crippen MR) is 86.9 cm³/mol. The first-order valence-corrected chi connectivity index (χ1v) is 9.30. The number of ether oxygens (including phenoxy) is 1. The van der Waals surface area contributed by atoms with Gasteiger partial charge in [-0.15, -0.1) is 0 Å². The van der Waals surface area contributed by atoms with Crippen LogP contribution in [0.2, 0.25) is 0 Å². The monoisotopic (exact) mass is 339 g/mol. The number of amides is 1. The Balaban J connectivity index is 1.77. The van der Waals surface area contributed by atoms with Crippen LogP contribution in [0.15, 0.2) is 18.2 Å². The van der Waals surface area contributed by atoms with Gasteiger partial charge in [0.25, 0.3) is 5.91 Å². The molecule has 0 aliphatic carbocycles. The van der Waals surface area contributed by atoms with E-state index in [1.54, 1.807) is 6.07 Å². The molecule has 1 aliphatic rings. The molecule has 1 heterocycles. The molecule has 1 aliphatic heterocycles. The number of anilines is 1. The number of benzene rings is 1. The molecule has 1 N–H and O–H groups in total. The van der Waals surface area contributed by atoms with Crippen LogP contribution in [0.25, 0.3) is 0 Å². The van der Waals surface area contributed by atoms with Crippen molar-refractivity contribution >= 4 is 27.4 Å². The molecule has 1 fully saturated rings. The molecule has 1 saturated heterocycles. The predicted octanol–water partition coefficient (Wildman–Crippen LogP) is 1.61. The Kier molecular flexibility index (Phi) is 5.41. The Morgan fingerprint density at radius 1 is 1.30 bits per heavy atom. The Morgan fingerprint density at radius 3 is 2.65 bits per heavy atom. The summed E-state index contributed by atoms with van der Waals surface area (Å²) in [5, 5.41) is 2.69. The average Bonchev–Trinajstić information content (AvgIpc) is 2.79. The minimum Gasteiger partial charge on any atom is -0.456 e. The maximum absolute atomic E-state index is 11.8. The lowest BCUT2D eigenvalue weighted by Crippen LogP contribution is -2.22. The van der Waals surface area contributed by atoms with Crippen LogP contribution in [-0.4, -0.2) is 38.4 Å². The summed E-state index contributed by atoms with van der Waals surface area (Å²) in [5.74, 6) is -1.00. The normalized spacial score (nSPS) is 19.3. The number of carbonyl (C=O) groups is 2. The highest BCUT2D eigenvalue weighted by Gasteiger charge is 2.29. The summed E-state index contributed by atoms with van der Waals surface area (Å²) in [6.45, 7) is 3.48. The summed E-state index contributed by atoms with van der Waals surface area (Å²) < 4.78 is 27.6. The zero-order chi connectivity index (χ0) is 17.0. The molecule has 1 aromatic carbocycles. The largest absolute Gasteiger partial charge is 0.456 e. The number of nitrogens with one attached hydrogen (secondary N) is 1. The number of rotatable bonds is 5. The van der Waals surface area contributed by atoms with E-state index in [0.717, 1.165) is 11.1 Å². The van der Waals surface area contributed by atoms with Gasteiger partial charge in [-0.2, -0.15) is 0 Å². The van der Waals surface area contributed by atoms with Gasteiger partial charge in [-0.1, -0.05) is 17.7 Å². The van der Waals surface area contributed by atoms with Crippen LogP contribution in [0.4, 0.5) is 5.69 Å². The van der Waals surface area contributed by atoms with Gasteiger partial charge < -0.3 is 10.1 Å². The van der Waals surface area contributed by atoms with Gasteiger partial charge in [0.15, 0.2) is 16.4 Å². The van der Waals surface area contributed by atoms with Crippen molar-refractivity contribution in [3.63, 3.8) is 0 Å². The maximum atomic E-state index is 11.8. The van der Waals surface area contributed by atoms with Crippen LogP contribution in [0.1, 0.15) is 24.0 Å². The molecule has 126 valence electrons. The molecule has 0 radical (unpaired) electrons. The van der Waals surface area contributed by atoms with E-state index in [1.165, 1.54) is 0 Å². The minimum atomic E-state index is -3.01. The first kappa shape index (κ1) is 17.5. The van der Waals surface area contributed by atoms with Crippen molar-refractivity contribution in [1.82, 2.24) is 0 Å². The number of sulfone groups is 1. The molecule has 23 heavy (non-hydrogen) atoms. The van der Waals surface area contributed by atoms with Gasteiger partial charge in [-0.05, 0) is 37.8 Å². The Bertz CT molecular complexity index is 711. The Hall–Kier alpha value is -1.89. The van der Waals surface area contributed by atoms with Gasteiger partial charge in [0.05, 0.1) is 11.5 Å². The molecule has 0 spiro atoms. The van der Waals surface area contributed by atoms with Gasteiger partial charge in [0, 0.05) is 12.1 Å². The van der Waals surface area contributed by atoms with E-state index < -0.39 is 21.7 Å². The fraction of sp³-hybridized carbons (Fsp3) is 0.500. The van der Waals surface area contributed by atoms with Gasteiger partial charge >= 0.3 is 5.97 Å². The molecular weight excluding hydrogens is 318 g/mol. The number of hydrogen-bond acceptors (Lipinski definition) is 5. The lowest BCUT2D eigenvalue weighted by atomic mass is 10.1. The average molecular weight is 339 g/mol. The second-order valence-electron chi connectivity index (χ2n) is 6.00. The second-order valence-corrected chi connectivity index (χ2v) is 8.23. The van der Waals surface area contributed by atoms with Crippen molar-refractivity contribution in [2.24, 2.45) is 5.92 Å². The summed E-state index contributed by atoms with van der Waals surface area (Å²) in [7, 11) is -3.01. The van der Waals surface area contributed by atoms with Crippen LogP contribution in [0.5, 0.6) is 0 Å². The molecule has 7 heteroatoms. The van der Waals surface area contributed by atoms with Crippen LogP contribution in [0.3, 0.4) is 0 Å². The summed E-state index contributed by atoms with van der Waals surface area (Å²) in [6, 6.07) is 5.63. The minimum absolute atomic E-state index is 0.0247.